The molecule has 0 aromatic heterocycles. The molecule has 0 bridgehead atoms. The Balaban J connectivity index is 1.88. The topological polar surface area (TPSA) is 90.0 Å². The Morgan fingerprint density at radius 3 is 2.21 bits per heavy atom. The zero-order chi connectivity index (χ0) is 21.4. The van der Waals surface area contributed by atoms with Crippen molar-refractivity contribution < 1.29 is 27.5 Å². The van der Waals surface area contributed by atoms with Crippen LogP contribution < -0.4 is 9.04 Å². The van der Waals surface area contributed by atoms with Gasteiger partial charge in [-0.05, 0) is 55.0 Å². The van der Waals surface area contributed by atoms with Crippen LogP contribution in [-0.4, -0.2) is 46.7 Å². The van der Waals surface area contributed by atoms with E-state index in [1.807, 2.05) is 6.92 Å². The molecule has 8 heteroatoms. The van der Waals surface area contributed by atoms with Crippen molar-refractivity contribution in [2.75, 3.05) is 30.8 Å². The number of rotatable bonds is 9. The predicted octanol–water partition coefficient (Wildman–Crippen LogP) is 2.92. The van der Waals surface area contributed by atoms with E-state index in [1.54, 1.807) is 30.3 Å². The zero-order valence-electron chi connectivity index (χ0n) is 16.5. The fourth-order valence-electron chi connectivity index (χ4n) is 2.32. The van der Waals surface area contributed by atoms with Crippen LogP contribution in [0.1, 0.15) is 22.8 Å². The number of carbonyl (C=O) groups is 2. The van der Waals surface area contributed by atoms with E-state index in [0.29, 0.717) is 17.9 Å². The lowest BCUT2D eigenvalue weighted by Gasteiger charge is -2.16. The molecule has 0 aliphatic heterocycles. The minimum Gasteiger partial charge on any atom is -0.494 e. The maximum atomic E-state index is 12.2. The number of ether oxygens (including phenoxy) is 2. The lowest BCUT2D eigenvalue weighted by atomic mass is 10.1. The molecule has 7 nitrogen and oxygen atoms in total. The van der Waals surface area contributed by atoms with E-state index in [1.165, 1.54) is 37.4 Å². The highest BCUT2D eigenvalue weighted by molar-refractivity contribution is 7.92. The SMILES string of the molecule is CCOc1ccc(/C=C/C(=O)OCC(=O)c2ccc(N(C)S(C)(=O)=O)cc2)cc1. The average molecular weight is 417 g/mol. The van der Waals surface area contributed by atoms with Crippen molar-refractivity contribution in [2.45, 2.75) is 6.92 Å². The largest absolute Gasteiger partial charge is 0.494 e. The van der Waals surface area contributed by atoms with Crippen LogP contribution in [0.4, 0.5) is 5.69 Å². The van der Waals surface area contributed by atoms with E-state index in [-0.39, 0.29) is 5.78 Å². The van der Waals surface area contributed by atoms with Crippen LogP contribution in [-0.2, 0) is 19.6 Å². The van der Waals surface area contributed by atoms with E-state index < -0.39 is 22.6 Å². The Morgan fingerprint density at radius 2 is 1.66 bits per heavy atom. The third-order valence-corrected chi connectivity index (χ3v) is 5.20. The lowest BCUT2D eigenvalue weighted by molar-refractivity contribution is -0.136. The van der Waals surface area contributed by atoms with Crippen LogP contribution in [0.3, 0.4) is 0 Å². The van der Waals surface area contributed by atoms with Crippen molar-refractivity contribution in [3.05, 3.63) is 65.7 Å². The number of esters is 1. The lowest BCUT2D eigenvalue weighted by Crippen LogP contribution is -2.24. The third kappa shape index (κ3) is 6.76. The van der Waals surface area contributed by atoms with Gasteiger partial charge in [0, 0.05) is 18.7 Å². The maximum Gasteiger partial charge on any atom is 0.331 e. The van der Waals surface area contributed by atoms with Gasteiger partial charge in [0.25, 0.3) is 0 Å². The highest BCUT2D eigenvalue weighted by atomic mass is 32.2. The fraction of sp³-hybridized carbons (Fsp3) is 0.238. The summed E-state index contributed by atoms with van der Waals surface area (Å²) in [6.07, 6.45) is 3.91. The molecule has 29 heavy (non-hydrogen) atoms. The zero-order valence-corrected chi connectivity index (χ0v) is 17.3. The normalized spacial score (nSPS) is 11.3. The van der Waals surface area contributed by atoms with Gasteiger partial charge in [-0.25, -0.2) is 13.2 Å². The standard InChI is InChI=1S/C21H23NO6S/c1-4-27-19-12-5-16(6-13-19)7-14-21(24)28-15-20(23)17-8-10-18(11-9-17)22(2)29(3,25)26/h5-14H,4,15H2,1-3H3/b14-7+. The van der Waals surface area contributed by atoms with Crippen LogP contribution in [0.15, 0.2) is 54.6 Å². The summed E-state index contributed by atoms with van der Waals surface area (Å²) in [4.78, 5) is 24.0. The molecule has 2 aromatic rings. The summed E-state index contributed by atoms with van der Waals surface area (Å²) in [6.45, 7) is 2.06. The molecule has 2 aromatic carbocycles. The van der Waals surface area contributed by atoms with Gasteiger partial charge >= 0.3 is 5.97 Å². The van der Waals surface area contributed by atoms with Crippen LogP contribution in [0, 0.1) is 0 Å². The molecule has 0 aliphatic carbocycles. The number of nitrogens with zero attached hydrogens (tertiary/aromatic N) is 1. The molecular weight excluding hydrogens is 394 g/mol. The first-order valence-electron chi connectivity index (χ1n) is 8.85. The quantitative estimate of drug-likeness (QED) is 0.354. The Hall–Kier alpha value is -3.13. The van der Waals surface area contributed by atoms with E-state index in [2.05, 4.69) is 0 Å². The smallest absolute Gasteiger partial charge is 0.331 e. The molecule has 2 rings (SSSR count). The number of sulfonamides is 1. The second kappa shape index (κ2) is 9.88. The Labute approximate surface area is 170 Å². The second-order valence-electron chi connectivity index (χ2n) is 6.14. The van der Waals surface area contributed by atoms with Gasteiger partial charge in [-0.1, -0.05) is 12.1 Å². The van der Waals surface area contributed by atoms with Crippen molar-refractivity contribution in [1.29, 1.82) is 0 Å². The van der Waals surface area contributed by atoms with Crippen LogP contribution >= 0.6 is 0 Å². The first-order valence-corrected chi connectivity index (χ1v) is 10.7. The molecule has 0 saturated carbocycles. The molecule has 0 spiro atoms. The summed E-state index contributed by atoms with van der Waals surface area (Å²) in [5, 5.41) is 0. The predicted molar refractivity (Wildman–Crippen MR) is 112 cm³/mol. The molecule has 0 N–H and O–H groups in total. The minimum absolute atomic E-state index is 0.318. The Kier molecular flexibility index (Phi) is 7.55. The molecule has 0 unspecified atom stereocenters. The van der Waals surface area contributed by atoms with Gasteiger partial charge < -0.3 is 9.47 Å². The minimum atomic E-state index is -3.38. The molecule has 0 fully saturated rings. The molecule has 0 saturated heterocycles. The van der Waals surface area contributed by atoms with Crippen molar-refractivity contribution in [3.63, 3.8) is 0 Å². The third-order valence-electron chi connectivity index (χ3n) is 4.00. The molecule has 0 radical (unpaired) electrons. The van der Waals surface area contributed by atoms with Crippen LogP contribution in [0.5, 0.6) is 5.75 Å². The molecule has 0 aliphatic rings. The number of benzene rings is 2. The summed E-state index contributed by atoms with van der Waals surface area (Å²) < 4.78 is 34.5. The maximum absolute atomic E-state index is 12.2. The van der Waals surface area contributed by atoms with Crippen molar-refractivity contribution in [3.8, 4) is 5.75 Å². The summed E-state index contributed by atoms with van der Waals surface area (Å²) in [5.74, 6) is -0.284. The van der Waals surface area contributed by atoms with Gasteiger partial charge in [-0.2, -0.15) is 0 Å². The van der Waals surface area contributed by atoms with E-state index in [9.17, 15) is 18.0 Å². The Morgan fingerprint density at radius 1 is 1.03 bits per heavy atom. The van der Waals surface area contributed by atoms with E-state index >= 15 is 0 Å². The highest BCUT2D eigenvalue weighted by Gasteiger charge is 2.13. The van der Waals surface area contributed by atoms with Crippen molar-refractivity contribution in [1.82, 2.24) is 0 Å². The van der Waals surface area contributed by atoms with Crippen molar-refractivity contribution >= 4 is 33.5 Å². The summed E-state index contributed by atoms with van der Waals surface area (Å²) in [7, 11) is -1.96. The van der Waals surface area contributed by atoms with Crippen LogP contribution in [0.2, 0.25) is 0 Å². The number of hydrogen-bond donors (Lipinski definition) is 0. The first-order chi connectivity index (χ1) is 13.7. The average Bonchev–Trinajstić information content (AvgIpc) is 2.70. The molecule has 0 heterocycles. The Bertz CT molecular complexity index is 979. The number of hydrogen-bond acceptors (Lipinski definition) is 6. The molecule has 0 amide bonds. The number of anilines is 1. The molecule has 0 atom stereocenters. The fourth-order valence-corrected chi connectivity index (χ4v) is 2.83. The van der Waals surface area contributed by atoms with Gasteiger partial charge in [0.05, 0.1) is 18.6 Å². The van der Waals surface area contributed by atoms with Gasteiger partial charge in [0.2, 0.25) is 10.0 Å². The number of ketones is 1. The number of carbonyl (C=O) groups excluding carboxylic acids is 2. The van der Waals surface area contributed by atoms with Crippen molar-refractivity contribution in [2.24, 2.45) is 0 Å². The first kappa shape index (κ1) is 22.2. The molecular formula is C21H23NO6S. The van der Waals surface area contributed by atoms with E-state index in [0.717, 1.165) is 21.9 Å². The molecule has 154 valence electrons. The van der Waals surface area contributed by atoms with Gasteiger partial charge in [-0.3, -0.25) is 9.10 Å². The number of Topliss-reactive ketones (excluding diaryl/α,β-unsaturated/α-hetero) is 1. The van der Waals surface area contributed by atoms with Crippen LogP contribution in [0.25, 0.3) is 6.08 Å². The van der Waals surface area contributed by atoms with Gasteiger partial charge in [0.15, 0.2) is 12.4 Å². The van der Waals surface area contributed by atoms with E-state index in [4.69, 9.17) is 9.47 Å². The monoisotopic (exact) mass is 417 g/mol. The van der Waals surface area contributed by atoms with Gasteiger partial charge in [0.1, 0.15) is 5.75 Å². The second-order valence-corrected chi connectivity index (χ2v) is 8.16. The summed E-state index contributed by atoms with van der Waals surface area (Å²) in [5.41, 5.74) is 1.54. The van der Waals surface area contributed by atoms with Gasteiger partial charge in [-0.15, -0.1) is 0 Å². The highest BCUT2D eigenvalue weighted by Crippen LogP contribution is 2.17. The summed E-state index contributed by atoms with van der Waals surface area (Å²) in [6, 6.07) is 13.2. The summed E-state index contributed by atoms with van der Waals surface area (Å²) >= 11 is 0.